The molecule has 0 saturated heterocycles. The number of nitrogens with one attached hydrogen (secondary N) is 1. The van der Waals surface area contributed by atoms with Crippen molar-refractivity contribution in [1.82, 2.24) is 5.32 Å². The molecule has 0 bridgehead atoms. The number of aromatic hydroxyl groups is 1. The van der Waals surface area contributed by atoms with Crippen LogP contribution in [-0.2, 0) is 6.54 Å². The van der Waals surface area contributed by atoms with Crippen LogP contribution in [0.3, 0.4) is 0 Å². The average Bonchev–Trinajstić information content (AvgIpc) is 2.65. The van der Waals surface area contributed by atoms with Crippen molar-refractivity contribution in [3.05, 3.63) is 65.7 Å². The molecule has 1 amide bonds. The summed E-state index contributed by atoms with van der Waals surface area (Å²) in [6.07, 6.45) is 0. The molecule has 2 N–H and O–H groups in total. The third kappa shape index (κ3) is 3.08. The minimum absolute atomic E-state index is 0.0293. The molecule has 0 spiro atoms. The van der Waals surface area contributed by atoms with Crippen molar-refractivity contribution >= 4 is 16.7 Å². The second kappa shape index (κ2) is 6.36. The van der Waals surface area contributed by atoms with Crippen LogP contribution in [0.5, 0.6) is 17.2 Å². The molecule has 0 unspecified atom stereocenters. The summed E-state index contributed by atoms with van der Waals surface area (Å²) in [5, 5.41) is 14.8. The molecule has 3 aromatic rings. The summed E-state index contributed by atoms with van der Waals surface area (Å²) < 4.78 is 11.0. The summed E-state index contributed by atoms with van der Waals surface area (Å²) in [5.41, 5.74) is 1.16. The number of ether oxygens (including phenoxy) is 2. The Hall–Kier alpha value is -3.21. The summed E-state index contributed by atoms with van der Waals surface area (Å²) in [7, 11) is 0. The maximum atomic E-state index is 12.4. The van der Waals surface area contributed by atoms with Gasteiger partial charge in [-0.15, -0.1) is 0 Å². The van der Waals surface area contributed by atoms with E-state index >= 15 is 0 Å². The molecule has 4 rings (SSSR count). The molecule has 1 aliphatic rings. The molecule has 0 saturated carbocycles. The Kier molecular flexibility index (Phi) is 3.90. The Morgan fingerprint density at radius 1 is 0.960 bits per heavy atom. The molecule has 3 aromatic carbocycles. The standard InChI is InChI=1S/C20H17NO4/c22-17-11-15-4-2-1-3-14(15)10-16(17)20(23)21-12-13-5-6-18-19(9-13)25-8-7-24-18/h1-6,9-11,22H,7-8,12H2,(H,21,23). The van der Waals surface area contributed by atoms with Gasteiger partial charge < -0.3 is 19.9 Å². The van der Waals surface area contributed by atoms with E-state index in [2.05, 4.69) is 5.32 Å². The van der Waals surface area contributed by atoms with E-state index in [1.807, 2.05) is 42.5 Å². The maximum absolute atomic E-state index is 12.4. The van der Waals surface area contributed by atoms with Crippen molar-refractivity contribution < 1.29 is 19.4 Å². The third-order valence-corrected chi connectivity index (χ3v) is 4.17. The lowest BCUT2D eigenvalue weighted by Crippen LogP contribution is -2.23. The van der Waals surface area contributed by atoms with Gasteiger partial charge in [-0.05, 0) is 40.6 Å². The average molecular weight is 335 g/mol. The van der Waals surface area contributed by atoms with Crippen LogP contribution >= 0.6 is 0 Å². The first kappa shape index (κ1) is 15.3. The van der Waals surface area contributed by atoms with Crippen molar-refractivity contribution in [3.8, 4) is 17.2 Å². The Balaban J connectivity index is 1.51. The van der Waals surface area contributed by atoms with Gasteiger partial charge in [-0.2, -0.15) is 0 Å². The Bertz CT molecular complexity index is 952. The zero-order valence-electron chi connectivity index (χ0n) is 13.5. The molecule has 126 valence electrons. The molecule has 1 aliphatic heterocycles. The van der Waals surface area contributed by atoms with E-state index in [0.29, 0.717) is 31.3 Å². The number of amides is 1. The van der Waals surface area contributed by atoms with Gasteiger partial charge >= 0.3 is 0 Å². The third-order valence-electron chi connectivity index (χ3n) is 4.17. The van der Waals surface area contributed by atoms with Crippen LogP contribution in [0.1, 0.15) is 15.9 Å². The summed E-state index contributed by atoms with van der Waals surface area (Å²) in [4.78, 5) is 12.4. The monoisotopic (exact) mass is 335 g/mol. The summed E-state index contributed by atoms with van der Waals surface area (Å²) in [6.45, 7) is 1.40. The quantitative estimate of drug-likeness (QED) is 0.771. The molecule has 1 heterocycles. The highest BCUT2D eigenvalue weighted by Gasteiger charge is 2.14. The Morgan fingerprint density at radius 3 is 2.48 bits per heavy atom. The lowest BCUT2D eigenvalue weighted by molar-refractivity contribution is 0.0948. The van der Waals surface area contributed by atoms with Crippen LogP contribution < -0.4 is 14.8 Å². The predicted octanol–water partition coefficient (Wildman–Crippen LogP) is 3.25. The second-order valence-electron chi connectivity index (χ2n) is 5.88. The molecule has 5 nitrogen and oxygen atoms in total. The highest BCUT2D eigenvalue weighted by atomic mass is 16.6. The molecule has 25 heavy (non-hydrogen) atoms. The van der Waals surface area contributed by atoms with Crippen LogP contribution in [0.15, 0.2) is 54.6 Å². The van der Waals surface area contributed by atoms with Gasteiger partial charge in [0.2, 0.25) is 0 Å². The molecule has 0 aromatic heterocycles. The van der Waals surface area contributed by atoms with E-state index in [-0.39, 0.29) is 17.2 Å². The summed E-state index contributed by atoms with van der Waals surface area (Å²) >= 11 is 0. The molecule has 0 atom stereocenters. The van der Waals surface area contributed by atoms with Gasteiger partial charge in [0.1, 0.15) is 19.0 Å². The second-order valence-corrected chi connectivity index (χ2v) is 5.88. The van der Waals surface area contributed by atoms with Crippen LogP contribution in [0, 0.1) is 0 Å². The van der Waals surface area contributed by atoms with Gasteiger partial charge in [0.05, 0.1) is 5.56 Å². The number of rotatable bonds is 3. The van der Waals surface area contributed by atoms with Crippen LogP contribution in [0.2, 0.25) is 0 Å². The van der Waals surface area contributed by atoms with Gasteiger partial charge in [0, 0.05) is 6.54 Å². The number of benzene rings is 3. The zero-order valence-corrected chi connectivity index (χ0v) is 13.5. The van der Waals surface area contributed by atoms with Crippen molar-refractivity contribution in [2.45, 2.75) is 6.54 Å². The van der Waals surface area contributed by atoms with E-state index in [4.69, 9.17) is 9.47 Å². The van der Waals surface area contributed by atoms with Gasteiger partial charge in [-0.25, -0.2) is 0 Å². The van der Waals surface area contributed by atoms with Gasteiger partial charge in [0.25, 0.3) is 5.91 Å². The van der Waals surface area contributed by atoms with Gasteiger partial charge in [0.15, 0.2) is 11.5 Å². The Morgan fingerprint density at radius 2 is 1.68 bits per heavy atom. The fourth-order valence-electron chi connectivity index (χ4n) is 2.89. The van der Waals surface area contributed by atoms with E-state index < -0.39 is 0 Å². The normalized spacial score (nSPS) is 12.8. The van der Waals surface area contributed by atoms with Gasteiger partial charge in [-0.1, -0.05) is 30.3 Å². The van der Waals surface area contributed by atoms with Crippen molar-refractivity contribution in [2.24, 2.45) is 0 Å². The number of phenols is 1. The SMILES string of the molecule is O=C(NCc1ccc2c(c1)OCCO2)c1cc2ccccc2cc1O. The molecule has 0 radical (unpaired) electrons. The van der Waals surface area contributed by atoms with E-state index in [1.54, 1.807) is 12.1 Å². The van der Waals surface area contributed by atoms with Crippen molar-refractivity contribution in [1.29, 1.82) is 0 Å². The van der Waals surface area contributed by atoms with Crippen LogP contribution in [0.4, 0.5) is 0 Å². The number of carbonyl (C=O) groups excluding carboxylic acids is 1. The molecule has 5 heteroatoms. The molecule has 0 aliphatic carbocycles. The van der Waals surface area contributed by atoms with Crippen LogP contribution in [-0.4, -0.2) is 24.2 Å². The predicted molar refractivity (Wildman–Crippen MR) is 94.2 cm³/mol. The largest absolute Gasteiger partial charge is 0.507 e. The fraction of sp³-hybridized carbons (Fsp3) is 0.150. The number of fused-ring (bicyclic) bond motifs is 2. The minimum Gasteiger partial charge on any atom is -0.507 e. The van der Waals surface area contributed by atoms with Crippen molar-refractivity contribution in [3.63, 3.8) is 0 Å². The highest BCUT2D eigenvalue weighted by molar-refractivity contribution is 6.01. The maximum Gasteiger partial charge on any atom is 0.255 e. The number of phenolic OH excluding ortho intramolecular Hbond substituents is 1. The first-order chi connectivity index (χ1) is 12.2. The summed E-state index contributed by atoms with van der Waals surface area (Å²) in [6, 6.07) is 16.5. The van der Waals surface area contributed by atoms with E-state index in [1.165, 1.54) is 0 Å². The van der Waals surface area contributed by atoms with Crippen LogP contribution in [0.25, 0.3) is 10.8 Å². The first-order valence-electron chi connectivity index (χ1n) is 8.09. The molecular formula is C20H17NO4. The number of hydrogen-bond acceptors (Lipinski definition) is 4. The Labute approximate surface area is 144 Å². The lowest BCUT2D eigenvalue weighted by atomic mass is 10.1. The zero-order chi connectivity index (χ0) is 17.2. The number of hydrogen-bond donors (Lipinski definition) is 2. The fourth-order valence-corrected chi connectivity index (χ4v) is 2.89. The smallest absolute Gasteiger partial charge is 0.255 e. The minimum atomic E-state index is -0.321. The topological polar surface area (TPSA) is 67.8 Å². The molecule has 0 fully saturated rings. The lowest BCUT2D eigenvalue weighted by Gasteiger charge is -2.19. The first-order valence-corrected chi connectivity index (χ1v) is 8.09. The highest BCUT2D eigenvalue weighted by Crippen LogP contribution is 2.31. The van der Waals surface area contributed by atoms with Gasteiger partial charge in [-0.3, -0.25) is 4.79 Å². The van der Waals surface area contributed by atoms with E-state index in [9.17, 15) is 9.90 Å². The number of carbonyl (C=O) groups is 1. The summed E-state index contributed by atoms with van der Waals surface area (Å²) in [5.74, 6) is 1.05. The molecular weight excluding hydrogens is 318 g/mol. The van der Waals surface area contributed by atoms with E-state index in [0.717, 1.165) is 16.3 Å². The van der Waals surface area contributed by atoms with Crippen molar-refractivity contribution in [2.75, 3.05) is 13.2 Å².